The summed E-state index contributed by atoms with van der Waals surface area (Å²) in [7, 11) is 0. The number of hydrogen-bond acceptors (Lipinski definition) is 2. The van der Waals surface area contributed by atoms with Crippen LogP contribution in [0.2, 0.25) is 0 Å². The summed E-state index contributed by atoms with van der Waals surface area (Å²) in [5, 5.41) is 16.4. The van der Waals surface area contributed by atoms with E-state index in [0.29, 0.717) is 5.56 Å². The van der Waals surface area contributed by atoms with Crippen molar-refractivity contribution < 1.29 is 4.42 Å². The number of benzene rings is 6. The van der Waals surface area contributed by atoms with E-state index in [1.165, 1.54) is 21.8 Å². The van der Waals surface area contributed by atoms with E-state index in [2.05, 4.69) is 118 Å². The summed E-state index contributed by atoms with van der Waals surface area (Å²) in [6.07, 6.45) is 0. The van der Waals surface area contributed by atoms with Crippen LogP contribution in [0.3, 0.4) is 0 Å². The molecule has 4 nitrogen and oxygen atoms in total. The number of hydrogen-bond donors (Lipinski definition) is 0. The lowest BCUT2D eigenvalue weighted by Gasteiger charge is -2.08. The highest BCUT2D eigenvalue weighted by Gasteiger charge is 2.19. The number of nitrogens with zero attached hydrogens (tertiary/aromatic N) is 3. The van der Waals surface area contributed by atoms with Crippen LogP contribution >= 0.6 is 0 Å². The molecule has 0 fully saturated rings. The van der Waals surface area contributed by atoms with E-state index >= 15 is 0 Å². The van der Waals surface area contributed by atoms with Crippen molar-refractivity contribution in [2.75, 3.05) is 0 Å². The van der Waals surface area contributed by atoms with Crippen LogP contribution in [0.25, 0.3) is 76.9 Å². The molecule has 0 aliphatic rings. The summed E-state index contributed by atoms with van der Waals surface area (Å²) in [5.74, 6) is 0. The highest BCUT2D eigenvalue weighted by Crippen LogP contribution is 2.39. The molecule has 0 saturated heterocycles. The van der Waals surface area contributed by atoms with Crippen molar-refractivity contribution in [2.24, 2.45) is 0 Å². The first-order valence-corrected chi connectivity index (χ1v) is 13.7. The molecule has 0 aliphatic heterocycles. The van der Waals surface area contributed by atoms with Crippen molar-refractivity contribution in [2.45, 2.75) is 0 Å². The average molecular weight is 524 g/mol. The lowest BCUT2D eigenvalue weighted by molar-refractivity contribution is 0.666. The Morgan fingerprint density at radius 1 is 0.488 bits per heavy atom. The highest BCUT2D eigenvalue weighted by molar-refractivity contribution is 6.14. The lowest BCUT2D eigenvalue weighted by Crippen LogP contribution is -1.94. The molecule has 190 valence electrons. The number of aromatic nitrogens is 2. The van der Waals surface area contributed by atoms with Gasteiger partial charge in [-0.2, -0.15) is 5.26 Å². The molecule has 0 unspecified atom stereocenters. The SMILES string of the molecule is N#Cc1ccc2c(c1)c1ccccc1n2-c1cccc2c1oc1ccc(-n3c4ccccc4c4ccccc43)cc12. The molecule has 0 aliphatic carbocycles. The molecule has 9 rings (SSSR count). The van der Waals surface area contributed by atoms with Gasteiger partial charge in [0, 0.05) is 38.0 Å². The molecule has 41 heavy (non-hydrogen) atoms. The summed E-state index contributed by atoms with van der Waals surface area (Å²) in [6, 6.07) is 46.5. The van der Waals surface area contributed by atoms with Crippen molar-refractivity contribution >= 4 is 65.6 Å². The van der Waals surface area contributed by atoms with E-state index in [1.807, 2.05) is 24.3 Å². The zero-order valence-electron chi connectivity index (χ0n) is 21.9. The van der Waals surface area contributed by atoms with Gasteiger partial charge in [-0.3, -0.25) is 0 Å². The van der Waals surface area contributed by atoms with Crippen LogP contribution in [0, 0.1) is 11.3 Å². The van der Waals surface area contributed by atoms with Gasteiger partial charge in [-0.1, -0.05) is 66.7 Å². The molecule has 3 aromatic heterocycles. The topological polar surface area (TPSA) is 46.8 Å². The van der Waals surface area contributed by atoms with E-state index in [4.69, 9.17) is 4.42 Å². The molecule has 0 amide bonds. The van der Waals surface area contributed by atoms with E-state index < -0.39 is 0 Å². The van der Waals surface area contributed by atoms with Crippen LogP contribution in [0.4, 0.5) is 0 Å². The summed E-state index contributed by atoms with van der Waals surface area (Å²) in [4.78, 5) is 0. The highest BCUT2D eigenvalue weighted by atomic mass is 16.3. The predicted octanol–water partition coefficient (Wildman–Crippen LogP) is 9.65. The molecule has 0 atom stereocenters. The van der Waals surface area contributed by atoms with Crippen LogP contribution in [0.5, 0.6) is 0 Å². The number of rotatable bonds is 2. The molecule has 0 spiro atoms. The van der Waals surface area contributed by atoms with E-state index in [9.17, 15) is 5.26 Å². The van der Waals surface area contributed by atoms with Crippen LogP contribution in [0.15, 0.2) is 132 Å². The van der Waals surface area contributed by atoms with Gasteiger partial charge in [0.25, 0.3) is 0 Å². The van der Waals surface area contributed by atoms with Crippen LogP contribution in [-0.4, -0.2) is 9.13 Å². The first kappa shape index (κ1) is 22.1. The fraction of sp³-hybridized carbons (Fsp3) is 0. The Balaban J connectivity index is 1.33. The minimum atomic E-state index is 0.653. The van der Waals surface area contributed by atoms with Crippen molar-refractivity contribution in [1.82, 2.24) is 9.13 Å². The number of furan rings is 1. The Morgan fingerprint density at radius 3 is 1.80 bits per heavy atom. The van der Waals surface area contributed by atoms with Gasteiger partial charge in [0.05, 0.1) is 39.4 Å². The Kier molecular flexibility index (Phi) is 4.37. The van der Waals surface area contributed by atoms with Gasteiger partial charge in [-0.05, 0) is 60.7 Å². The predicted molar refractivity (Wildman–Crippen MR) is 167 cm³/mol. The van der Waals surface area contributed by atoms with Gasteiger partial charge in [-0.25, -0.2) is 0 Å². The number of nitriles is 1. The largest absolute Gasteiger partial charge is 0.454 e. The summed E-state index contributed by atoms with van der Waals surface area (Å²) < 4.78 is 11.2. The van der Waals surface area contributed by atoms with Gasteiger partial charge in [0.2, 0.25) is 0 Å². The lowest BCUT2D eigenvalue weighted by atomic mass is 10.1. The van der Waals surface area contributed by atoms with Gasteiger partial charge < -0.3 is 13.6 Å². The molecule has 9 aromatic rings. The molecular weight excluding hydrogens is 502 g/mol. The maximum absolute atomic E-state index is 9.55. The summed E-state index contributed by atoms with van der Waals surface area (Å²) >= 11 is 0. The van der Waals surface area contributed by atoms with Gasteiger partial charge in [0.15, 0.2) is 5.58 Å². The van der Waals surface area contributed by atoms with Gasteiger partial charge >= 0.3 is 0 Å². The molecule has 3 heterocycles. The first-order valence-electron chi connectivity index (χ1n) is 13.7. The molecule has 0 N–H and O–H groups in total. The second-order valence-corrected chi connectivity index (χ2v) is 10.5. The number of fused-ring (bicyclic) bond motifs is 9. The molecular formula is C37H21N3O. The Morgan fingerprint density at radius 2 is 1.10 bits per heavy atom. The van der Waals surface area contributed by atoms with Crippen molar-refractivity contribution in [3.8, 4) is 17.4 Å². The third-order valence-corrected chi connectivity index (χ3v) is 8.34. The molecule has 4 heteroatoms. The van der Waals surface area contributed by atoms with E-state index in [0.717, 1.165) is 55.1 Å². The Labute approximate surface area is 234 Å². The fourth-order valence-electron chi connectivity index (χ4n) is 6.59. The van der Waals surface area contributed by atoms with E-state index in [1.54, 1.807) is 0 Å². The van der Waals surface area contributed by atoms with Crippen LogP contribution in [0.1, 0.15) is 5.56 Å². The smallest absolute Gasteiger partial charge is 0.159 e. The molecule has 0 radical (unpaired) electrons. The first-order chi connectivity index (χ1) is 20.3. The standard InChI is InChI=1S/C37H21N3O/c38-22-23-16-18-34-29(20-23)27-10-3-6-14-33(27)40(34)35-15-7-11-28-30-21-24(17-19-36(30)41-37(28)35)39-31-12-4-1-8-25(31)26-9-2-5-13-32(26)39/h1-21H. The minimum absolute atomic E-state index is 0.653. The molecule has 0 bridgehead atoms. The van der Waals surface area contributed by atoms with Crippen LogP contribution < -0.4 is 0 Å². The second-order valence-electron chi connectivity index (χ2n) is 10.5. The molecule has 6 aromatic carbocycles. The van der Waals surface area contributed by atoms with Crippen molar-refractivity contribution in [1.29, 1.82) is 5.26 Å². The average Bonchev–Trinajstić information content (AvgIpc) is 3.68. The zero-order chi connectivity index (χ0) is 27.1. The van der Waals surface area contributed by atoms with Crippen molar-refractivity contribution in [3.05, 3.63) is 133 Å². The van der Waals surface area contributed by atoms with Crippen molar-refractivity contribution in [3.63, 3.8) is 0 Å². The number of para-hydroxylation sites is 4. The normalized spacial score (nSPS) is 11.9. The zero-order valence-corrected chi connectivity index (χ0v) is 21.9. The van der Waals surface area contributed by atoms with Crippen LogP contribution in [-0.2, 0) is 0 Å². The maximum atomic E-state index is 9.55. The second kappa shape index (κ2) is 8.11. The third-order valence-electron chi connectivity index (χ3n) is 8.34. The Hall–Kier alpha value is -5.79. The quantitative estimate of drug-likeness (QED) is 0.226. The van der Waals surface area contributed by atoms with Gasteiger partial charge in [-0.15, -0.1) is 0 Å². The maximum Gasteiger partial charge on any atom is 0.159 e. The minimum Gasteiger partial charge on any atom is -0.454 e. The fourth-order valence-corrected chi connectivity index (χ4v) is 6.59. The Bertz CT molecular complexity index is 2500. The van der Waals surface area contributed by atoms with Gasteiger partial charge in [0.1, 0.15) is 5.58 Å². The van der Waals surface area contributed by atoms with E-state index in [-0.39, 0.29) is 0 Å². The summed E-state index contributed by atoms with van der Waals surface area (Å²) in [5.41, 5.74) is 8.92. The third kappa shape index (κ3) is 2.98. The molecule has 0 saturated carbocycles. The monoisotopic (exact) mass is 523 g/mol. The summed E-state index contributed by atoms with van der Waals surface area (Å²) in [6.45, 7) is 0.